The number of hydrogen-bond acceptors (Lipinski definition) is 2. The molecule has 0 aromatic heterocycles. The van der Waals surface area contributed by atoms with Crippen LogP contribution >= 0.6 is 0 Å². The van der Waals surface area contributed by atoms with Crippen molar-refractivity contribution >= 4 is 17.5 Å². The maximum absolute atomic E-state index is 12.5. The molecule has 1 N–H and O–H groups in total. The van der Waals surface area contributed by atoms with Gasteiger partial charge in [0.05, 0.1) is 0 Å². The van der Waals surface area contributed by atoms with Gasteiger partial charge < -0.3 is 10.2 Å². The van der Waals surface area contributed by atoms with Gasteiger partial charge >= 0.3 is 0 Å². The lowest BCUT2D eigenvalue weighted by atomic mass is 9.87. The summed E-state index contributed by atoms with van der Waals surface area (Å²) >= 11 is 0. The molecule has 26 heavy (non-hydrogen) atoms. The van der Waals surface area contributed by atoms with E-state index >= 15 is 0 Å². The van der Waals surface area contributed by atoms with Gasteiger partial charge in [0, 0.05) is 29.9 Å². The summed E-state index contributed by atoms with van der Waals surface area (Å²) in [6.45, 7) is 8.06. The number of carbonyl (C=O) groups excluding carboxylic acids is 2. The van der Waals surface area contributed by atoms with Crippen molar-refractivity contribution in [3.05, 3.63) is 65.2 Å². The van der Waals surface area contributed by atoms with Gasteiger partial charge in [-0.15, -0.1) is 0 Å². The predicted octanol–water partition coefficient (Wildman–Crippen LogP) is 4.47. The van der Waals surface area contributed by atoms with Crippen molar-refractivity contribution in [2.75, 3.05) is 18.4 Å². The molecule has 0 aliphatic carbocycles. The minimum absolute atomic E-state index is 0.0353. The second-order valence-corrected chi connectivity index (χ2v) is 7.86. The van der Waals surface area contributed by atoms with Crippen LogP contribution in [0.3, 0.4) is 0 Å². The minimum Gasteiger partial charge on any atom is -0.339 e. The van der Waals surface area contributed by atoms with Crippen LogP contribution in [0.2, 0.25) is 0 Å². The standard InChI is InChI=1S/C22H26N2O2/c1-22(2,3)18-11-9-16(10-12-18)20(25)23-19-8-6-7-17(15-19)21(26)24-13-4-5-14-24/h6-12,15H,4-5,13-14H2,1-3H3,(H,23,25). The molecule has 0 unspecified atom stereocenters. The molecule has 1 fully saturated rings. The third-order valence-corrected chi connectivity index (χ3v) is 4.77. The van der Waals surface area contributed by atoms with Crippen molar-refractivity contribution < 1.29 is 9.59 Å². The first kappa shape index (κ1) is 18.2. The lowest BCUT2D eigenvalue weighted by molar-refractivity contribution is 0.0792. The zero-order valence-electron chi connectivity index (χ0n) is 15.7. The highest BCUT2D eigenvalue weighted by Crippen LogP contribution is 2.23. The molecule has 4 heteroatoms. The fraction of sp³-hybridized carbons (Fsp3) is 0.364. The van der Waals surface area contributed by atoms with Crippen LogP contribution in [0.4, 0.5) is 5.69 Å². The van der Waals surface area contributed by atoms with Gasteiger partial charge in [-0.05, 0) is 54.2 Å². The van der Waals surface area contributed by atoms with Crippen LogP contribution in [-0.2, 0) is 5.41 Å². The highest BCUT2D eigenvalue weighted by molar-refractivity contribution is 6.05. The number of nitrogens with one attached hydrogen (secondary N) is 1. The van der Waals surface area contributed by atoms with E-state index in [4.69, 9.17) is 0 Å². The number of hydrogen-bond donors (Lipinski definition) is 1. The van der Waals surface area contributed by atoms with Crippen LogP contribution in [0.25, 0.3) is 0 Å². The first-order valence-corrected chi connectivity index (χ1v) is 9.16. The molecule has 1 saturated heterocycles. The maximum atomic E-state index is 12.5. The summed E-state index contributed by atoms with van der Waals surface area (Å²) in [5.74, 6) is -0.135. The van der Waals surface area contributed by atoms with Crippen molar-refractivity contribution in [1.29, 1.82) is 0 Å². The van der Waals surface area contributed by atoms with Crippen LogP contribution in [0, 0.1) is 0 Å². The molecule has 0 radical (unpaired) electrons. The van der Waals surface area contributed by atoms with E-state index in [1.165, 1.54) is 5.56 Å². The molecule has 0 spiro atoms. The fourth-order valence-electron chi connectivity index (χ4n) is 3.16. The smallest absolute Gasteiger partial charge is 0.255 e. The summed E-state index contributed by atoms with van der Waals surface area (Å²) in [5.41, 5.74) is 3.11. The van der Waals surface area contributed by atoms with E-state index in [9.17, 15) is 9.59 Å². The van der Waals surface area contributed by atoms with Crippen molar-refractivity contribution in [3.8, 4) is 0 Å². The Labute approximate surface area is 155 Å². The van der Waals surface area contributed by atoms with E-state index < -0.39 is 0 Å². The van der Waals surface area contributed by atoms with Gasteiger partial charge in [0.1, 0.15) is 0 Å². The SMILES string of the molecule is CC(C)(C)c1ccc(C(=O)Nc2cccc(C(=O)N3CCCC3)c2)cc1. The molecular formula is C22H26N2O2. The first-order chi connectivity index (χ1) is 12.3. The molecule has 1 aliphatic rings. The van der Waals surface area contributed by atoms with Gasteiger partial charge in [-0.1, -0.05) is 39.0 Å². The highest BCUT2D eigenvalue weighted by atomic mass is 16.2. The topological polar surface area (TPSA) is 49.4 Å². The van der Waals surface area contributed by atoms with E-state index in [2.05, 4.69) is 26.1 Å². The van der Waals surface area contributed by atoms with Crippen molar-refractivity contribution in [3.63, 3.8) is 0 Å². The van der Waals surface area contributed by atoms with E-state index in [1.54, 1.807) is 12.1 Å². The summed E-state index contributed by atoms with van der Waals surface area (Å²) in [6, 6.07) is 14.8. The van der Waals surface area contributed by atoms with E-state index in [1.807, 2.05) is 41.3 Å². The number of benzene rings is 2. The monoisotopic (exact) mass is 350 g/mol. The molecule has 0 saturated carbocycles. The molecule has 1 aliphatic heterocycles. The van der Waals surface area contributed by atoms with E-state index in [0.717, 1.165) is 25.9 Å². The number of likely N-dealkylation sites (tertiary alicyclic amines) is 1. The lowest BCUT2D eigenvalue weighted by Crippen LogP contribution is -2.27. The number of anilines is 1. The normalized spacial score (nSPS) is 14.3. The van der Waals surface area contributed by atoms with Crippen LogP contribution < -0.4 is 5.32 Å². The Bertz CT molecular complexity index is 798. The van der Waals surface area contributed by atoms with Crippen LogP contribution in [-0.4, -0.2) is 29.8 Å². The molecule has 3 rings (SSSR count). The van der Waals surface area contributed by atoms with Crippen LogP contribution in [0.1, 0.15) is 59.9 Å². The van der Waals surface area contributed by atoms with E-state index in [-0.39, 0.29) is 17.2 Å². The van der Waals surface area contributed by atoms with Crippen LogP contribution in [0.15, 0.2) is 48.5 Å². The van der Waals surface area contributed by atoms with Gasteiger partial charge in [-0.3, -0.25) is 9.59 Å². The molecule has 136 valence electrons. The Balaban J connectivity index is 1.71. The summed E-state index contributed by atoms with van der Waals surface area (Å²) in [7, 11) is 0. The summed E-state index contributed by atoms with van der Waals surface area (Å²) in [5, 5.41) is 2.89. The average Bonchev–Trinajstić information content (AvgIpc) is 3.15. The van der Waals surface area contributed by atoms with Crippen molar-refractivity contribution in [2.45, 2.75) is 39.0 Å². The predicted molar refractivity (Wildman–Crippen MR) is 105 cm³/mol. The first-order valence-electron chi connectivity index (χ1n) is 9.16. The third kappa shape index (κ3) is 4.13. The quantitative estimate of drug-likeness (QED) is 0.888. The van der Waals surface area contributed by atoms with Gasteiger partial charge in [0.25, 0.3) is 11.8 Å². The Kier molecular flexibility index (Phi) is 5.12. The van der Waals surface area contributed by atoms with E-state index in [0.29, 0.717) is 16.8 Å². The third-order valence-electron chi connectivity index (χ3n) is 4.77. The second kappa shape index (κ2) is 7.32. The maximum Gasteiger partial charge on any atom is 0.255 e. The minimum atomic E-state index is -0.170. The molecule has 0 bridgehead atoms. The Morgan fingerprint density at radius 3 is 2.19 bits per heavy atom. The molecule has 2 aromatic carbocycles. The molecule has 2 aromatic rings. The van der Waals surface area contributed by atoms with Crippen molar-refractivity contribution in [1.82, 2.24) is 4.90 Å². The Morgan fingerprint density at radius 1 is 0.923 bits per heavy atom. The number of amides is 2. The number of carbonyl (C=O) groups is 2. The molecule has 0 atom stereocenters. The number of nitrogens with zero attached hydrogens (tertiary/aromatic N) is 1. The van der Waals surface area contributed by atoms with Gasteiger partial charge in [0.2, 0.25) is 0 Å². The zero-order valence-corrected chi connectivity index (χ0v) is 15.7. The van der Waals surface area contributed by atoms with Crippen molar-refractivity contribution in [2.24, 2.45) is 0 Å². The molecule has 1 heterocycles. The largest absolute Gasteiger partial charge is 0.339 e. The fourth-order valence-corrected chi connectivity index (χ4v) is 3.16. The molecule has 4 nitrogen and oxygen atoms in total. The average molecular weight is 350 g/mol. The lowest BCUT2D eigenvalue weighted by Gasteiger charge is -2.19. The number of rotatable bonds is 3. The second-order valence-electron chi connectivity index (χ2n) is 7.86. The molecular weight excluding hydrogens is 324 g/mol. The van der Waals surface area contributed by atoms with Gasteiger partial charge in [-0.25, -0.2) is 0 Å². The Morgan fingerprint density at radius 2 is 1.58 bits per heavy atom. The summed E-state index contributed by atoms with van der Waals surface area (Å²) in [6.07, 6.45) is 2.12. The zero-order chi connectivity index (χ0) is 18.7. The Hall–Kier alpha value is -2.62. The van der Waals surface area contributed by atoms with Gasteiger partial charge in [-0.2, -0.15) is 0 Å². The summed E-state index contributed by atoms with van der Waals surface area (Å²) < 4.78 is 0. The van der Waals surface area contributed by atoms with Gasteiger partial charge in [0.15, 0.2) is 0 Å². The molecule has 2 amide bonds. The highest BCUT2D eigenvalue weighted by Gasteiger charge is 2.20. The van der Waals surface area contributed by atoms with Crippen LogP contribution in [0.5, 0.6) is 0 Å². The summed E-state index contributed by atoms with van der Waals surface area (Å²) in [4.78, 5) is 26.9.